The highest BCUT2D eigenvalue weighted by Gasteiger charge is 2.19. The van der Waals surface area contributed by atoms with Gasteiger partial charge in [0.2, 0.25) is 0 Å². The lowest BCUT2D eigenvalue weighted by atomic mass is 9.98. The Balaban J connectivity index is 2.18. The third-order valence-corrected chi connectivity index (χ3v) is 6.24. The van der Waals surface area contributed by atoms with Crippen LogP contribution in [0, 0.1) is 6.92 Å². The standard InChI is InChI=1S/C15H14BrNS2/c1-9-6-18-7-11(9)14(17-2)12-8-19-15-10(12)4-3-5-13(15)16/h3-8,14,17H,1-2H3. The number of halogens is 1. The molecule has 1 atom stereocenters. The molecule has 0 spiro atoms. The highest BCUT2D eigenvalue weighted by molar-refractivity contribution is 9.10. The molecule has 4 heteroatoms. The van der Waals surface area contributed by atoms with Crippen molar-refractivity contribution >= 4 is 48.7 Å². The van der Waals surface area contributed by atoms with Crippen LogP contribution in [0.25, 0.3) is 10.1 Å². The summed E-state index contributed by atoms with van der Waals surface area (Å²) < 4.78 is 2.50. The van der Waals surface area contributed by atoms with Crippen molar-refractivity contribution in [2.24, 2.45) is 0 Å². The van der Waals surface area contributed by atoms with Crippen molar-refractivity contribution in [2.75, 3.05) is 7.05 Å². The van der Waals surface area contributed by atoms with Crippen molar-refractivity contribution in [3.05, 3.63) is 55.5 Å². The molecule has 2 aromatic heterocycles. The first-order valence-corrected chi connectivity index (χ1v) is 8.69. The molecule has 3 aromatic rings. The summed E-state index contributed by atoms with van der Waals surface area (Å²) in [4.78, 5) is 0. The largest absolute Gasteiger partial charge is 0.309 e. The molecule has 3 rings (SSSR count). The lowest BCUT2D eigenvalue weighted by Crippen LogP contribution is -2.17. The number of benzene rings is 1. The molecule has 98 valence electrons. The fourth-order valence-corrected chi connectivity index (χ4v) is 4.93. The van der Waals surface area contributed by atoms with Crippen LogP contribution in [0.1, 0.15) is 22.7 Å². The van der Waals surface area contributed by atoms with E-state index in [9.17, 15) is 0 Å². The Morgan fingerprint density at radius 2 is 2.00 bits per heavy atom. The molecule has 0 aliphatic rings. The molecule has 0 saturated heterocycles. The van der Waals surface area contributed by atoms with Gasteiger partial charge in [0.1, 0.15) is 0 Å². The van der Waals surface area contributed by atoms with E-state index in [2.05, 4.69) is 62.5 Å². The van der Waals surface area contributed by atoms with Crippen molar-refractivity contribution in [3.8, 4) is 0 Å². The van der Waals surface area contributed by atoms with Crippen molar-refractivity contribution < 1.29 is 0 Å². The van der Waals surface area contributed by atoms with Crippen LogP contribution in [0.5, 0.6) is 0 Å². The van der Waals surface area contributed by atoms with Gasteiger partial charge in [0.05, 0.1) is 6.04 Å². The molecule has 1 N–H and O–H groups in total. The van der Waals surface area contributed by atoms with E-state index in [0.717, 1.165) is 0 Å². The smallest absolute Gasteiger partial charge is 0.0599 e. The summed E-state index contributed by atoms with van der Waals surface area (Å²) in [6.45, 7) is 2.18. The lowest BCUT2D eigenvalue weighted by Gasteiger charge is -2.16. The van der Waals surface area contributed by atoms with Crippen LogP contribution in [0.2, 0.25) is 0 Å². The van der Waals surface area contributed by atoms with Crippen molar-refractivity contribution in [2.45, 2.75) is 13.0 Å². The molecule has 0 fully saturated rings. The van der Waals surface area contributed by atoms with Gasteiger partial charge in [0.25, 0.3) is 0 Å². The second kappa shape index (κ2) is 5.37. The van der Waals surface area contributed by atoms with Gasteiger partial charge in [-0.15, -0.1) is 11.3 Å². The van der Waals surface area contributed by atoms with Crippen LogP contribution in [0.15, 0.2) is 38.8 Å². The average Bonchev–Trinajstić information content (AvgIpc) is 3.00. The first kappa shape index (κ1) is 13.3. The summed E-state index contributed by atoms with van der Waals surface area (Å²) in [5, 5.41) is 11.5. The van der Waals surface area contributed by atoms with Gasteiger partial charge in [0, 0.05) is 9.17 Å². The Labute approximate surface area is 129 Å². The second-order valence-electron chi connectivity index (χ2n) is 4.54. The van der Waals surface area contributed by atoms with E-state index < -0.39 is 0 Å². The minimum atomic E-state index is 0.272. The normalized spacial score (nSPS) is 13.0. The Hall–Kier alpha value is -0.680. The zero-order chi connectivity index (χ0) is 13.4. The fraction of sp³-hybridized carbons (Fsp3) is 0.200. The zero-order valence-electron chi connectivity index (χ0n) is 10.7. The monoisotopic (exact) mass is 351 g/mol. The van der Waals surface area contributed by atoms with Crippen LogP contribution in [0.4, 0.5) is 0 Å². The minimum Gasteiger partial charge on any atom is -0.309 e. The Morgan fingerprint density at radius 3 is 2.68 bits per heavy atom. The van der Waals surface area contributed by atoms with Gasteiger partial charge in [-0.3, -0.25) is 0 Å². The van der Waals surface area contributed by atoms with Gasteiger partial charge in [-0.1, -0.05) is 12.1 Å². The summed E-state index contributed by atoms with van der Waals surface area (Å²) in [6, 6.07) is 6.69. The molecule has 0 amide bonds. The molecule has 1 aromatic carbocycles. The number of thiophene rings is 2. The van der Waals surface area contributed by atoms with Gasteiger partial charge in [-0.2, -0.15) is 11.3 Å². The predicted molar refractivity (Wildman–Crippen MR) is 89.5 cm³/mol. The molecule has 19 heavy (non-hydrogen) atoms. The Kier molecular flexibility index (Phi) is 3.76. The molecule has 1 nitrogen and oxygen atoms in total. The molecule has 0 aliphatic carbocycles. The maximum absolute atomic E-state index is 3.64. The molecule has 1 unspecified atom stereocenters. The van der Waals surface area contributed by atoms with E-state index in [0.29, 0.717) is 0 Å². The van der Waals surface area contributed by atoms with E-state index >= 15 is 0 Å². The minimum absolute atomic E-state index is 0.272. The molecule has 0 bridgehead atoms. The quantitative estimate of drug-likeness (QED) is 0.671. The third-order valence-electron chi connectivity index (χ3n) is 3.39. The average molecular weight is 352 g/mol. The number of rotatable bonds is 3. The number of hydrogen-bond donors (Lipinski definition) is 1. The highest BCUT2D eigenvalue weighted by Crippen LogP contribution is 2.38. The van der Waals surface area contributed by atoms with Gasteiger partial charge in [0.15, 0.2) is 0 Å². The lowest BCUT2D eigenvalue weighted by molar-refractivity contribution is 0.697. The summed E-state index contributed by atoms with van der Waals surface area (Å²) >= 11 is 7.21. The predicted octanol–water partition coefficient (Wildman–Crippen LogP) is 5.34. The SMILES string of the molecule is CNC(c1cscc1C)c1csc2c(Br)cccc12. The van der Waals surface area contributed by atoms with Crippen LogP contribution in [-0.4, -0.2) is 7.05 Å². The number of fused-ring (bicyclic) bond motifs is 1. The molecule has 0 aliphatic heterocycles. The third kappa shape index (κ3) is 2.27. The van der Waals surface area contributed by atoms with E-state index in [1.165, 1.54) is 31.2 Å². The maximum Gasteiger partial charge on any atom is 0.0599 e. The topological polar surface area (TPSA) is 12.0 Å². The maximum atomic E-state index is 3.64. The highest BCUT2D eigenvalue weighted by atomic mass is 79.9. The van der Waals surface area contributed by atoms with Crippen LogP contribution in [0.3, 0.4) is 0 Å². The number of nitrogens with one attached hydrogen (secondary N) is 1. The molecule has 2 heterocycles. The zero-order valence-corrected chi connectivity index (χ0v) is 14.0. The van der Waals surface area contributed by atoms with Crippen molar-refractivity contribution in [1.29, 1.82) is 0 Å². The van der Waals surface area contributed by atoms with E-state index in [1.54, 1.807) is 22.7 Å². The number of hydrogen-bond acceptors (Lipinski definition) is 3. The van der Waals surface area contributed by atoms with Crippen LogP contribution < -0.4 is 5.32 Å². The number of aryl methyl sites for hydroxylation is 1. The van der Waals surface area contributed by atoms with Crippen molar-refractivity contribution in [3.63, 3.8) is 0 Å². The van der Waals surface area contributed by atoms with Crippen molar-refractivity contribution in [1.82, 2.24) is 5.32 Å². The second-order valence-corrected chi connectivity index (χ2v) is 7.02. The molecular weight excluding hydrogens is 338 g/mol. The molecule has 0 radical (unpaired) electrons. The first-order valence-electron chi connectivity index (χ1n) is 6.08. The fourth-order valence-electron chi connectivity index (χ4n) is 2.41. The Morgan fingerprint density at radius 1 is 1.16 bits per heavy atom. The molecule has 0 saturated carbocycles. The van der Waals surface area contributed by atoms with Gasteiger partial charge in [-0.05, 0) is 74.2 Å². The summed E-state index contributed by atoms with van der Waals surface area (Å²) in [7, 11) is 2.03. The summed E-state index contributed by atoms with van der Waals surface area (Å²) in [5.41, 5.74) is 4.11. The summed E-state index contributed by atoms with van der Waals surface area (Å²) in [6.07, 6.45) is 0. The molecular formula is C15H14BrNS2. The van der Waals surface area contributed by atoms with Crippen LogP contribution in [-0.2, 0) is 0 Å². The van der Waals surface area contributed by atoms with Gasteiger partial charge < -0.3 is 5.32 Å². The van der Waals surface area contributed by atoms with Gasteiger partial charge in [-0.25, -0.2) is 0 Å². The summed E-state index contributed by atoms with van der Waals surface area (Å²) in [5.74, 6) is 0. The van der Waals surface area contributed by atoms with E-state index in [1.807, 2.05) is 7.05 Å². The van der Waals surface area contributed by atoms with E-state index in [-0.39, 0.29) is 6.04 Å². The van der Waals surface area contributed by atoms with Gasteiger partial charge >= 0.3 is 0 Å². The Bertz CT molecular complexity index is 714. The van der Waals surface area contributed by atoms with E-state index in [4.69, 9.17) is 0 Å². The van der Waals surface area contributed by atoms with Crippen LogP contribution >= 0.6 is 38.6 Å². The first-order chi connectivity index (χ1) is 9.22.